The molecule has 1 fully saturated rings. The van der Waals surface area contributed by atoms with Crippen LogP contribution in [0.3, 0.4) is 0 Å². The van der Waals surface area contributed by atoms with Gasteiger partial charge in [-0.1, -0.05) is 0 Å². The van der Waals surface area contributed by atoms with Crippen LogP contribution >= 0.6 is 25.3 Å². The highest BCUT2D eigenvalue weighted by atomic mass is 32.1. The van der Waals surface area contributed by atoms with Gasteiger partial charge < -0.3 is 20.1 Å². The number of ether oxygens (including phenoxy) is 1. The van der Waals surface area contributed by atoms with Crippen LogP contribution in [0.1, 0.15) is 0 Å². The van der Waals surface area contributed by atoms with E-state index in [1.54, 1.807) is 0 Å². The zero-order valence-corrected chi connectivity index (χ0v) is 8.03. The highest BCUT2D eigenvalue weighted by Crippen LogP contribution is 2.26. The summed E-state index contributed by atoms with van der Waals surface area (Å²) in [5.74, 6) is 0. The Balaban J connectivity index is 2.63. The Morgan fingerprint density at radius 2 is 1.75 bits per heavy atom. The zero-order valence-electron chi connectivity index (χ0n) is 6.24. The van der Waals surface area contributed by atoms with Crippen molar-refractivity contribution in [2.45, 2.75) is 29.0 Å². The lowest BCUT2D eigenvalue weighted by Crippen LogP contribution is -2.54. The highest BCUT2D eigenvalue weighted by Gasteiger charge is 2.40. The monoisotopic (exact) mass is 212 g/mol. The molecule has 0 radical (unpaired) electrons. The van der Waals surface area contributed by atoms with E-state index in [1.807, 2.05) is 0 Å². The number of aliphatic hydroxyl groups is 3. The maximum absolute atomic E-state index is 9.41. The van der Waals surface area contributed by atoms with Crippen LogP contribution in [0.5, 0.6) is 0 Å². The van der Waals surface area contributed by atoms with Crippen LogP contribution in [-0.2, 0) is 4.74 Å². The average molecular weight is 212 g/mol. The summed E-state index contributed by atoms with van der Waals surface area (Å²) in [6.45, 7) is -0.275. The molecule has 0 spiro atoms. The third kappa shape index (κ3) is 1.89. The molecule has 4 nitrogen and oxygen atoms in total. The van der Waals surface area contributed by atoms with E-state index in [4.69, 9.17) is 14.9 Å². The molecule has 1 saturated heterocycles. The Hall–Kier alpha value is 0.540. The van der Waals surface area contributed by atoms with Gasteiger partial charge in [-0.15, -0.1) is 0 Å². The lowest BCUT2D eigenvalue weighted by atomic mass is 10.0. The first-order valence-electron chi connectivity index (χ1n) is 3.56. The van der Waals surface area contributed by atoms with Crippen LogP contribution in [0.4, 0.5) is 0 Å². The van der Waals surface area contributed by atoms with Gasteiger partial charge in [0.25, 0.3) is 0 Å². The molecular weight excluding hydrogens is 200 g/mol. The van der Waals surface area contributed by atoms with Gasteiger partial charge in [-0.25, -0.2) is 0 Å². The maximum atomic E-state index is 9.41. The molecule has 6 heteroatoms. The zero-order chi connectivity index (χ0) is 9.30. The molecule has 1 aliphatic rings. The van der Waals surface area contributed by atoms with E-state index in [0.717, 1.165) is 0 Å². The molecule has 0 saturated carbocycles. The first-order valence-corrected chi connectivity index (χ1v) is 4.59. The van der Waals surface area contributed by atoms with Crippen molar-refractivity contribution in [2.75, 3.05) is 6.61 Å². The molecule has 1 heterocycles. The van der Waals surface area contributed by atoms with E-state index < -0.39 is 29.0 Å². The second-order valence-corrected chi connectivity index (χ2v) is 3.91. The van der Waals surface area contributed by atoms with Crippen molar-refractivity contribution in [3.05, 3.63) is 0 Å². The number of hydrogen-bond acceptors (Lipinski definition) is 6. The van der Waals surface area contributed by atoms with Gasteiger partial charge in [-0.05, 0) is 0 Å². The Bertz CT molecular complexity index is 152. The summed E-state index contributed by atoms with van der Waals surface area (Å²) in [7, 11) is 0. The van der Waals surface area contributed by atoms with Gasteiger partial charge in [0, 0.05) is 0 Å². The van der Waals surface area contributed by atoms with Crippen LogP contribution < -0.4 is 0 Å². The molecule has 12 heavy (non-hydrogen) atoms. The van der Waals surface area contributed by atoms with Crippen molar-refractivity contribution in [2.24, 2.45) is 0 Å². The van der Waals surface area contributed by atoms with Gasteiger partial charge in [-0.3, -0.25) is 0 Å². The number of hydrogen-bond donors (Lipinski definition) is 5. The molecule has 0 aromatic carbocycles. The van der Waals surface area contributed by atoms with Gasteiger partial charge in [0.15, 0.2) is 6.29 Å². The lowest BCUT2D eigenvalue weighted by molar-refractivity contribution is -0.188. The Labute approximate surface area is 81.4 Å². The van der Waals surface area contributed by atoms with Crippen molar-refractivity contribution in [3.8, 4) is 0 Å². The summed E-state index contributed by atoms with van der Waals surface area (Å²) in [4.78, 5) is 0. The van der Waals surface area contributed by atoms with Gasteiger partial charge in [0.05, 0.1) is 29.3 Å². The molecule has 0 aliphatic carbocycles. The molecule has 3 N–H and O–H groups in total. The largest absolute Gasteiger partial charge is 0.394 e. The second kappa shape index (κ2) is 4.17. The van der Waals surface area contributed by atoms with E-state index >= 15 is 0 Å². The van der Waals surface area contributed by atoms with Crippen molar-refractivity contribution >= 4 is 25.3 Å². The minimum atomic E-state index is -1.15. The van der Waals surface area contributed by atoms with E-state index in [0.29, 0.717) is 0 Å². The molecule has 72 valence electrons. The minimum absolute atomic E-state index is 0.275. The molecule has 0 amide bonds. The fourth-order valence-electron chi connectivity index (χ4n) is 1.08. The number of aliphatic hydroxyl groups excluding tert-OH is 3. The van der Waals surface area contributed by atoms with Crippen LogP contribution in [0.15, 0.2) is 0 Å². The number of rotatable bonds is 1. The predicted octanol–water partition coefficient (Wildman–Crippen LogP) is -1.35. The fraction of sp³-hybridized carbons (Fsp3) is 1.00. The molecule has 1 rings (SSSR count). The fourth-order valence-corrected chi connectivity index (χ4v) is 1.82. The van der Waals surface area contributed by atoms with Crippen molar-refractivity contribution in [1.82, 2.24) is 0 Å². The van der Waals surface area contributed by atoms with Crippen LogP contribution in [0.25, 0.3) is 0 Å². The molecule has 0 aromatic heterocycles. The van der Waals surface area contributed by atoms with E-state index in [2.05, 4.69) is 25.3 Å². The quantitative estimate of drug-likeness (QED) is 0.349. The normalized spacial score (nSPS) is 49.2. The summed E-state index contributed by atoms with van der Waals surface area (Å²) in [5.41, 5.74) is 0. The van der Waals surface area contributed by atoms with Crippen LogP contribution in [0, 0.1) is 0 Å². The highest BCUT2D eigenvalue weighted by molar-refractivity contribution is 7.82. The van der Waals surface area contributed by atoms with E-state index in [-0.39, 0.29) is 6.61 Å². The Morgan fingerprint density at radius 1 is 1.17 bits per heavy atom. The molecule has 0 aromatic rings. The van der Waals surface area contributed by atoms with Gasteiger partial charge in [-0.2, -0.15) is 25.3 Å². The minimum Gasteiger partial charge on any atom is -0.394 e. The Morgan fingerprint density at radius 3 is 2.25 bits per heavy atom. The lowest BCUT2D eigenvalue weighted by Gasteiger charge is -2.38. The first kappa shape index (κ1) is 10.6. The SMILES string of the molecule is OC[C@H]1O[C@H](O)[C@@H](S)[C@@H](O)[C@@H]1S. The topological polar surface area (TPSA) is 69.9 Å². The molecule has 0 bridgehead atoms. The molecule has 5 atom stereocenters. The summed E-state index contributed by atoms with van der Waals surface area (Å²) >= 11 is 7.97. The second-order valence-electron chi connectivity index (χ2n) is 2.72. The summed E-state index contributed by atoms with van der Waals surface area (Å²) in [5, 5.41) is 26.2. The summed E-state index contributed by atoms with van der Waals surface area (Å²) in [6.07, 6.45) is -2.66. The number of thiol groups is 2. The van der Waals surface area contributed by atoms with Crippen molar-refractivity contribution < 1.29 is 20.1 Å². The van der Waals surface area contributed by atoms with E-state index in [1.165, 1.54) is 0 Å². The third-order valence-corrected chi connectivity index (χ3v) is 3.07. The standard InChI is InChI=1S/C6H12O4S2/c7-1-2-4(11)3(8)5(12)6(9)10-2/h2-9,11-12H,1H2/t2-,3+,4-,5+,6+/m1/s1. The van der Waals surface area contributed by atoms with Crippen LogP contribution in [-0.4, -0.2) is 50.9 Å². The summed E-state index contributed by atoms with van der Waals surface area (Å²) in [6, 6.07) is 0. The predicted molar refractivity (Wildman–Crippen MR) is 49.5 cm³/mol. The molecular formula is C6H12O4S2. The smallest absolute Gasteiger partial charge is 0.169 e. The Kier molecular flexibility index (Phi) is 3.69. The molecule has 0 unspecified atom stereocenters. The first-order chi connectivity index (χ1) is 5.57. The maximum Gasteiger partial charge on any atom is 0.169 e. The third-order valence-electron chi connectivity index (χ3n) is 1.87. The summed E-state index contributed by atoms with van der Waals surface area (Å²) < 4.78 is 4.92. The average Bonchev–Trinajstić information content (AvgIpc) is 2.08. The van der Waals surface area contributed by atoms with Gasteiger partial charge in [0.2, 0.25) is 0 Å². The van der Waals surface area contributed by atoms with Gasteiger partial charge in [0.1, 0.15) is 0 Å². The van der Waals surface area contributed by atoms with Crippen molar-refractivity contribution in [3.63, 3.8) is 0 Å². The molecule has 1 aliphatic heterocycles. The van der Waals surface area contributed by atoms with Crippen molar-refractivity contribution in [1.29, 1.82) is 0 Å². The van der Waals surface area contributed by atoms with Gasteiger partial charge >= 0.3 is 0 Å². The van der Waals surface area contributed by atoms with E-state index in [9.17, 15) is 5.11 Å². The van der Waals surface area contributed by atoms with Crippen LogP contribution in [0.2, 0.25) is 0 Å².